The number of alkyl halides is 1. The summed E-state index contributed by atoms with van der Waals surface area (Å²) in [5.41, 5.74) is 0. The largest absolute Gasteiger partial charge is 0.355 e. The van der Waals surface area contributed by atoms with E-state index in [0.717, 1.165) is 19.4 Å². The zero-order chi connectivity index (χ0) is 7.98. The van der Waals surface area contributed by atoms with Crippen LogP contribution in [0.2, 0.25) is 0 Å². The van der Waals surface area contributed by atoms with Gasteiger partial charge in [0.1, 0.15) is 5.38 Å². The van der Waals surface area contributed by atoms with E-state index in [2.05, 4.69) is 12.2 Å². The van der Waals surface area contributed by atoms with E-state index < -0.39 is 5.38 Å². The standard InChI is InChI=1S/C7H14ClNO/c1-3-4-5-9-7(10)6(2)8/h6H,3-5H2,1-2H3,(H,9,10)/t6-/m1/s1. The molecule has 0 aromatic carbocycles. The van der Waals surface area contributed by atoms with E-state index in [1.54, 1.807) is 6.92 Å². The van der Waals surface area contributed by atoms with Gasteiger partial charge in [0.05, 0.1) is 0 Å². The Morgan fingerprint density at radius 1 is 1.70 bits per heavy atom. The van der Waals surface area contributed by atoms with Gasteiger partial charge in [0.2, 0.25) is 5.91 Å². The molecule has 0 aliphatic rings. The lowest BCUT2D eigenvalue weighted by molar-refractivity contribution is -0.120. The van der Waals surface area contributed by atoms with Gasteiger partial charge in [0, 0.05) is 6.54 Å². The third-order valence-electron chi connectivity index (χ3n) is 1.19. The van der Waals surface area contributed by atoms with Gasteiger partial charge in [-0.05, 0) is 13.3 Å². The molecule has 0 unspecified atom stereocenters. The van der Waals surface area contributed by atoms with Crippen LogP contribution in [0, 0.1) is 0 Å². The number of carbonyl (C=O) groups is 1. The molecule has 1 N–H and O–H groups in total. The Morgan fingerprint density at radius 2 is 2.30 bits per heavy atom. The van der Waals surface area contributed by atoms with Gasteiger partial charge in [-0.1, -0.05) is 13.3 Å². The van der Waals surface area contributed by atoms with E-state index in [4.69, 9.17) is 11.6 Å². The molecule has 10 heavy (non-hydrogen) atoms. The zero-order valence-electron chi connectivity index (χ0n) is 6.48. The van der Waals surface area contributed by atoms with Crippen LogP contribution in [0.15, 0.2) is 0 Å². The van der Waals surface area contributed by atoms with Crippen molar-refractivity contribution in [2.75, 3.05) is 6.54 Å². The molecular formula is C7H14ClNO. The van der Waals surface area contributed by atoms with Crippen molar-refractivity contribution in [3.05, 3.63) is 0 Å². The average molecular weight is 164 g/mol. The molecule has 0 rings (SSSR count). The van der Waals surface area contributed by atoms with Crippen LogP contribution in [0.1, 0.15) is 26.7 Å². The van der Waals surface area contributed by atoms with Crippen molar-refractivity contribution in [1.29, 1.82) is 0 Å². The highest BCUT2D eigenvalue weighted by atomic mass is 35.5. The average Bonchev–Trinajstić information content (AvgIpc) is 1.88. The van der Waals surface area contributed by atoms with Gasteiger partial charge in [-0.15, -0.1) is 11.6 Å². The number of unbranched alkanes of at least 4 members (excludes halogenated alkanes) is 1. The van der Waals surface area contributed by atoms with Crippen molar-refractivity contribution < 1.29 is 4.79 Å². The fourth-order valence-electron chi connectivity index (χ4n) is 0.529. The lowest BCUT2D eigenvalue weighted by Crippen LogP contribution is -2.30. The Morgan fingerprint density at radius 3 is 2.70 bits per heavy atom. The molecule has 0 aromatic rings. The first kappa shape index (κ1) is 9.76. The van der Waals surface area contributed by atoms with Crippen molar-refractivity contribution >= 4 is 17.5 Å². The molecule has 0 bridgehead atoms. The van der Waals surface area contributed by atoms with Crippen LogP contribution in [0.5, 0.6) is 0 Å². The molecule has 60 valence electrons. The Kier molecular flexibility index (Phi) is 5.40. The Labute approximate surface area is 66.9 Å². The smallest absolute Gasteiger partial charge is 0.237 e. The Balaban J connectivity index is 3.22. The minimum Gasteiger partial charge on any atom is -0.355 e. The summed E-state index contributed by atoms with van der Waals surface area (Å²) in [5.74, 6) is -0.0740. The van der Waals surface area contributed by atoms with Gasteiger partial charge < -0.3 is 5.32 Å². The quantitative estimate of drug-likeness (QED) is 0.494. The van der Waals surface area contributed by atoms with Crippen molar-refractivity contribution in [2.45, 2.75) is 32.1 Å². The summed E-state index contributed by atoms with van der Waals surface area (Å²) >= 11 is 5.50. The molecule has 0 saturated carbocycles. The highest BCUT2D eigenvalue weighted by Crippen LogP contribution is 1.92. The third kappa shape index (κ3) is 4.62. The first-order chi connectivity index (χ1) is 4.68. The number of hydrogen-bond acceptors (Lipinski definition) is 1. The van der Waals surface area contributed by atoms with E-state index in [0.29, 0.717) is 0 Å². The number of nitrogens with one attached hydrogen (secondary N) is 1. The molecule has 0 spiro atoms. The molecule has 0 saturated heterocycles. The molecule has 3 heteroatoms. The van der Waals surface area contributed by atoms with Gasteiger partial charge in [-0.25, -0.2) is 0 Å². The normalized spacial score (nSPS) is 12.7. The zero-order valence-corrected chi connectivity index (χ0v) is 7.24. The Bertz CT molecular complexity index is 104. The maximum absolute atomic E-state index is 10.8. The molecule has 1 amide bonds. The minimum absolute atomic E-state index is 0.0740. The van der Waals surface area contributed by atoms with Crippen molar-refractivity contribution in [2.24, 2.45) is 0 Å². The van der Waals surface area contributed by atoms with Crippen LogP contribution in [0.25, 0.3) is 0 Å². The summed E-state index contributed by atoms with van der Waals surface area (Å²) in [6.45, 7) is 4.49. The van der Waals surface area contributed by atoms with Gasteiger partial charge >= 0.3 is 0 Å². The summed E-state index contributed by atoms with van der Waals surface area (Å²) in [7, 11) is 0. The SMILES string of the molecule is CCCCNC(=O)[C@@H](C)Cl. The fraction of sp³-hybridized carbons (Fsp3) is 0.857. The fourth-order valence-corrected chi connectivity index (χ4v) is 0.606. The summed E-state index contributed by atoms with van der Waals surface area (Å²) in [6, 6.07) is 0. The predicted octanol–water partition coefficient (Wildman–Crippen LogP) is 1.53. The first-order valence-electron chi connectivity index (χ1n) is 3.60. The van der Waals surface area contributed by atoms with Crippen molar-refractivity contribution in [1.82, 2.24) is 5.32 Å². The highest BCUT2D eigenvalue weighted by molar-refractivity contribution is 6.30. The maximum Gasteiger partial charge on any atom is 0.237 e. The second-order valence-electron chi connectivity index (χ2n) is 2.26. The van der Waals surface area contributed by atoms with E-state index in [9.17, 15) is 4.79 Å². The molecular weight excluding hydrogens is 150 g/mol. The second kappa shape index (κ2) is 5.54. The molecule has 0 radical (unpaired) electrons. The summed E-state index contributed by atoms with van der Waals surface area (Å²) < 4.78 is 0. The minimum atomic E-state index is -0.406. The molecule has 0 aliphatic heterocycles. The first-order valence-corrected chi connectivity index (χ1v) is 4.04. The highest BCUT2D eigenvalue weighted by Gasteiger charge is 2.06. The second-order valence-corrected chi connectivity index (χ2v) is 2.92. The summed E-state index contributed by atoms with van der Waals surface area (Å²) in [4.78, 5) is 10.8. The molecule has 0 fully saturated rings. The van der Waals surface area contributed by atoms with Gasteiger partial charge in [-0.3, -0.25) is 4.79 Å². The number of halogens is 1. The molecule has 0 aliphatic carbocycles. The van der Waals surface area contributed by atoms with E-state index >= 15 is 0 Å². The van der Waals surface area contributed by atoms with Crippen LogP contribution in [-0.4, -0.2) is 17.8 Å². The number of amides is 1. The van der Waals surface area contributed by atoms with Gasteiger partial charge in [0.15, 0.2) is 0 Å². The monoisotopic (exact) mass is 163 g/mol. The van der Waals surface area contributed by atoms with Crippen LogP contribution in [0.3, 0.4) is 0 Å². The summed E-state index contributed by atoms with van der Waals surface area (Å²) in [6.07, 6.45) is 2.12. The van der Waals surface area contributed by atoms with Crippen LogP contribution < -0.4 is 5.32 Å². The van der Waals surface area contributed by atoms with Gasteiger partial charge in [-0.2, -0.15) is 0 Å². The molecule has 0 aromatic heterocycles. The lowest BCUT2D eigenvalue weighted by atomic mass is 10.3. The van der Waals surface area contributed by atoms with Crippen LogP contribution >= 0.6 is 11.6 Å². The van der Waals surface area contributed by atoms with Crippen LogP contribution in [-0.2, 0) is 4.79 Å². The topological polar surface area (TPSA) is 29.1 Å². The Hall–Kier alpha value is -0.240. The molecule has 0 heterocycles. The lowest BCUT2D eigenvalue weighted by Gasteiger charge is -2.03. The number of carbonyl (C=O) groups excluding carboxylic acids is 1. The predicted molar refractivity (Wildman–Crippen MR) is 43.2 cm³/mol. The summed E-state index contributed by atoms with van der Waals surface area (Å²) in [5, 5.41) is 2.31. The third-order valence-corrected chi connectivity index (χ3v) is 1.39. The van der Waals surface area contributed by atoms with Crippen molar-refractivity contribution in [3.8, 4) is 0 Å². The van der Waals surface area contributed by atoms with E-state index in [1.165, 1.54) is 0 Å². The van der Waals surface area contributed by atoms with Crippen molar-refractivity contribution in [3.63, 3.8) is 0 Å². The number of hydrogen-bond donors (Lipinski definition) is 1. The van der Waals surface area contributed by atoms with E-state index in [1.807, 2.05) is 0 Å². The van der Waals surface area contributed by atoms with Gasteiger partial charge in [0.25, 0.3) is 0 Å². The molecule has 1 atom stereocenters. The maximum atomic E-state index is 10.8. The van der Waals surface area contributed by atoms with E-state index in [-0.39, 0.29) is 5.91 Å². The number of rotatable bonds is 4. The molecule has 2 nitrogen and oxygen atoms in total. The van der Waals surface area contributed by atoms with Crippen LogP contribution in [0.4, 0.5) is 0 Å².